The van der Waals surface area contributed by atoms with E-state index in [0.29, 0.717) is 51.2 Å². The highest BCUT2D eigenvalue weighted by Gasteiger charge is 2.48. The summed E-state index contributed by atoms with van der Waals surface area (Å²) in [6.45, 7) is 5.05. The molecule has 0 bridgehead atoms. The zero-order chi connectivity index (χ0) is 14.8. The smallest absolute Gasteiger partial charge is 0.390 e. The fraction of sp³-hybridized carbons (Fsp3) is 1.00. The van der Waals surface area contributed by atoms with Gasteiger partial charge in [-0.2, -0.15) is 0 Å². The average Bonchev–Trinajstić information content (AvgIpc) is 2.34. The molecular formula is C10H28N2O5Si2. The maximum absolute atomic E-state index is 10.4. The largest absolute Gasteiger partial charge is 0.490 e. The van der Waals surface area contributed by atoms with Crippen molar-refractivity contribution in [2.45, 2.75) is 38.8 Å². The van der Waals surface area contributed by atoms with Gasteiger partial charge in [0.2, 0.25) is 0 Å². The van der Waals surface area contributed by atoms with Crippen LogP contribution in [0, 0.1) is 0 Å². The Hall–Kier alpha value is 0.154. The van der Waals surface area contributed by atoms with E-state index >= 15 is 0 Å². The van der Waals surface area contributed by atoms with Crippen molar-refractivity contribution in [2.75, 3.05) is 26.3 Å². The molecule has 6 N–H and O–H groups in total. The first-order valence-electron chi connectivity index (χ1n) is 6.78. The lowest BCUT2D eigenvalue weighted by Gasteiger charge is -2.32. The molecule has 9 heteroatoms. The van der Waals surface area contributed by atoms with Crippen LogP contribution in [0.2, 0.25) is 12.1 Å². The fourth-order valence-corrected chi connectivity index (χ4v) is 7.43. The van der Waals surface area contributed by atoms with Crippen LogP contribution < -0.4 is 11.5 Å². The van der Waals surface area contributed by atoms with E-state index in [-0.39, 0.29) is 0 Å². The lowest BCUT2D eigenvalue weighted by atomic mass is 10.5. The molecule has 0 aromatic rings. The summed E-state index contributed by atoms with van der Waals surface area (Å²) in [5.74, 6) is 0. The van der Waals surface area contributed by atoms with Gasteiger partial charge in [0.25, 0.3) is 0 Å². The number of hydrogen-bond acceptors (Lipinski definition) is 7. The molecule has 0 amide bonds. The number of nitrogens with two attached hydrogens (primary N) is 2. The lowest BCUT2D eigenvalue weighted by molar-refractivity contribution is 0.0921. The molecule has 0 heterocycles. The molecule has 0 aromatic carbocycles. The van der Waals surface area contributed by atoms with Crippen LogP contribution in [-0.2, 0) is 13.0 Å². The zero-order valence-electron chi connectivity index (χ0n) is 11.9. The maximum atomic E-state index is 10.4. The summed E-state index contributed by atoms with van der Waals surface area (Å²) in [5, 5.41) is 0. The Labute approximate surface area is 117 Å². The van der Waals surface area contributed by atoms with Gasteiger partial charge < -0.3 is 34.0 Å². The predicted molar refractivity (Wildman–Crippen MR) is 77.2 cm³/mol. The van der Waals surface area contributed by atoms with Crippen molar-refractivity contribution in [1.29, 1.82) is 0 Å². The van der Waals surface area contributed by atoms with Crippen LogP contribution >= 0.6 is 0 Å². The minimum Gasteiger partial charge on any atom is -0.390 e. The van der Waals surface area contributed by atoms with E-state index < -0.39 is 17.6 Å². The average molecular weight is 313 g/mol. The Bertz CT molecular complexity index is 218. The molecule has 2 unspecified atom stereocenters. The van der Waals surface area contributed by atoms with Gasteiger partial charge in [-0.3, -0.25) is 0 Å². The highest BCUT2D eigenvalue weighted by atomic mass is 28.5. The third kappa shape index (κ3) is 8.12. The first-order chi connectivity index (χ1) is 8.95. The standard InChI is InChI=1S/C10H28N2O5Si2/c1-3-15-18(13,9-5-7-11)17-19(14,16-4-2)10-6-8-12/h13-14H,3-12H2,1-2H3. The van der Waals surface area contributed by atoms with Crippen molar-refractivity contribution in [3.05, 3.63) is 0 Å². The third-order valence-corrected chi connectivity index (χ3v) is 8.45. The molecule has 116 valence electrons. The molecule has 0 saturated heterocycles. The minimum atomic E-state index is -3.43. The van der Waals surface area contributed by atoms with Crippen molar-refractivity contribution in [3.8, 4) is 0 Å². The molecule has 0 fully saturated rings. The van der Waals surface area contributed by atoms with Gasteiger partial charge in [-0.05, 0) is 39.8 Å². The normalized spacial score (nSPS) is 18.0. The van der Waals surface area contributed by atoms with E-state index in [1.165, 1.54) is 0 Å². The number of hydrogen-bond donors (Lipinski definition) is 4. The van der Waals surface area contributed by atoms with Gasteiger partial charge in [-0.15, -0.1) is 0 Å². The molecule has 19 heavy (non-hydrogen) atoms. The molecule has 0 rings (SSSR count). The molecule has 0 aliphatic carbocycles. The quantitative estimate of drug-likeness (QED) is 0.363. The van der Waals surface area contributed by atoms with E-state index in [1.54, 1.807) is 13.8 Å². The van der Waals surface area contributed by atoms with Gasteiger partial charge in [-0.1, -0.05) is 0 Å². The topological polar surface area (TPSA) is 120 Å². The van der Waals surface area contributed by atoms with E-state index in [9.17, 15) is 9.59 Å². The molecule has 0 aliphatic rings. The second kappa shape index (κ2) is 9.96. The molecule has 7 nitrogen and oxygen atoms in total. The van der Waals surface area contributed by atoms with Crippen LogP contribution in [0.5, 0.6) is 0 Å². The molecule has 0 aromatic heterocycles. The predicted octanol–water partition coefficient (Wildman–Crippen LogP) is -0.364. The summed E-state index contributed by atoms with van der Waals surface area (Å²) in [5.41, 5.74) is 10.9. The van der Waals surface area contributed by atoms with Gasteiger partial charge in [0.15, 0.2) is 0 Å². The van der Waals surface area contributed by atoms with E-state index in [1.807, 2.05) is 0 Å². The van der Waals surface area contributed by atoms with E-state index in [4.69, 9.17) is 24.4 Å². The van der Waals surface area contributed by atoms with Crippen molar-refractivity contribution in [2.24, 2.45) is 11.5 Å². The molecule has 2 atom stereocenters. The Balaban J connectivity index is 4.70. The van der Waals surface area contributed by atoms with Crippen LogP contribution in [0.4, 0.5) is 0 Å². The third-order valence-electron chi connectivity index (χ3n) is 2.45. The monoisotopic (exact) mass is 312 g/mol. The summed E-state index contributed by atoms with van der Waals surface area (Å²) in [4.78, 5) is 20.8. The summed E-state index contributed by atoms with van der Waals surface area (Å²) in [6.07, 6.45) is 1.16. The maximum Gasteiger partial charge on any atom is 0.490 e. The summed E-state index contributed by atoms with van der Waals surface area (Å²) in [6, 6.07) is 0.644. The van der Waals surface area contributed by atoms with Crippen LogP contribution in [0.1, 0.15) is 26.7 Å². The lowest BCUT2D eigenvalue weighted by Crippen LogP contribution is -2.56. The van der Waals surface area contributed by atoms with Crippen LogP contribution in [-0.4, -0.2) is 53.5 Å². The summed E-state index contributed by atoms with van der Waals surface area (Å²) >= 11 is 0. The first kappa shape index (κ1) is 19.2. The molecule has 0 spiro atoms. The Morgan fingerprint density at radius 3 is 1.47 bits per heavy atom. The van der Waals surface area contributed by atoms with Gasteiger partial charge in [-0.25, -0.2) is 0 Å². The van der Waals surface area contributed by atoms with Gasteiger partial charge in [0, 0.05) is 25.3 Å². The fourth-order valence-electron chi connectivity index (χ4n) is 1.66. The van der Waals surface area contributed by atoms with Crippen molar-refractivity contribution in [3.63, 3.8) is 0 Å². The molecule has 0 radical (unpaired) electrons. The Morgan fingerprint density at radius 2 is 1.21 bits per heavy atom. The Kier molecular flexibility index (Phi) is 10.0. The number of rotatable bonds is 12. The SMILES string of the molecule is CCO[Si](O)(CCCN)O[Si](O)(CCCN)OCC. The first-order valence-corrected chi connectivity index (χ1v) is 10.7. The van der Waals surface area contributed by atoms with Crippen LogP contribution in [0.3, 0.4) is 0 Å². The van der Waals surface area contributed by atoms with E-state index in [2.05, 4.69) is 0 Å². The summed E-state index contributed by atoms with van der Waals surface area (Å²) in [7, 11) is -6.85. The molecule has 0 saturated carbocycles. The van der Waals surface area contributed by atoms with E-state index in [0.717, 1.165) is 0 Å². The second-order valence-electron chi connectivity index (χ2n) is 4.18. The Morgan fingerprint density at radius 1 is 0.842 bits per heavy atom. The van der Waals surface area contributed by atoms with Gasteiger partial charge in [0.1, 0.15) is 0 Å². The highest BCUT2D eigenvalue weighted by Crippen LogP contribution is 2.22. The van der Waals surface area contributed by atoms with Crippen LogP contribution in [0.25, 0.3) is 0 Å². The highest BCUT2D eigenvalue weighted by molar-refractivity contribution is 6.73. The minimum absolute atomic E-state index is 0.320. The van der Waals surface area contributed by atoms with Gasteiger partial charge in [0.05, 0.1) is 0 Å². The van der Waals surface area contributed by atoms with Crippen molar-refractivity contribution >= 4 is 17.6 Å². The molecule has 0 aliphatic heterocycles. The zero-order valence-corrected chi connectivity index (χ0v) is 13.9. The van der Waals surface area contributed by atoms with Crippen molar-refractivity contribution < 1.29 is 22.6 Å². The van der Waals surface area contributed by atoms with Crippen LogP contribution in [0.15, 0.2) is 0 Å². The van der Waals surface area contributed by atoms with Crippen molar-refractivity contribution in [1.82, 2.24) is 0 Å². The second-order valence-corrected chi connectivity index (χ2v) is 9.42. The molecular weight excluding hydrogens is 284 g/mol. The summed E-state index contributed by atoms with van der Waals surface area (Å²) < 4.78 is 16.2. The van der Waals surface area contributed by atoms with Gasteiger partial charge >= 0.3 is 17.6 Å².